The van der Waals surface area contributed by atoms with Crippen molar-refractivity contribution in [2.75, 3.05) is 62.5 Å². The topological polar surface area (TPSA) is 332 Å². The lowest BCUT2D eigenvalue weighted by Gasteiger charge is -2.41. The first-order valence-electron chi connectivity index (χ1n) is 33.0. The number of carbonyl (C=O) groups excluding carboxylic acids is 11. The van der Waals surface area contributed by atoms with E-state index in [0.29, 0.717) is 25.8 Å². The summed E-state index contributed by atoms with van der Waals surface area (Å²) in [7, 11) is 9.78. The van der Waals surface area contributed by atoms with Crippen molar-refractivity contribution in [3.05, 3.63) is 18.5 Å². The summed E-state index contributed by atoms with van der Waals surface area (Å²) in [4.78, 5) is 170. The number of aliphatic hydroxyl groups excluding tert-OH is 1. The largest absolute Gasteiger partial charge is 0.390 e. The van der Waals surface area contributed by atoms with Gasteiger partial charge < -0.3 is 65.4 Å². The number of nitrogens with zero attached hydrogens (tertiary/aromatic N) is 11. The molecule has 0 radical (unpaired) electrons. The van der Waals surface area contributed by atoms with Crippen molar-refractivity contribution in [1.29, 1.82) is 0 Å². The molecule has 5 N–H and O–H groups in total. The molecule has 0 bridgehead atoms. The highest BCUT2D eigenvalue weighted by atomic mass is 16.5. The second kappa shape index (κ2) is 38.3. The van der Waals surface area contributed by atoms with Gasteiger partial charge >= 0.3 is 0 Å². The van der Waals surface area contributed by atoms with Crippen molar-refractivity contribution in [3.63, 3.8) is 0 Å². The molecule has 0 spiro atoms. The van der Waals surface area contributed by atoms with E-state index in [1.54, 1.807) is 72.2 Å². The van der Waals surface area contributed by atoms with Gasteiger partial charge in [0.05, 0.1) is 18.8 Å². The minimum absolute atomic E-state index is 0.0139. The third-order valence-electron chi connectivity index (χ3n) is 17.3. The van der Waals surface area contributed by atoms with Gasteiger partial charge in [0, 0.05) is 62.5 Å². The molecule has 0 aliphatic carbocycles. The predicted molar refractivity (Wildman–Crippen MR) is 351 cm³/mol. The number of hydrogen-bond donors (Lipinski definition) is 5. The van der Waals surface area contributed by atoms with Crippen molar-refractivity contribution in [2.45, 2.75) is 235 Å². The van der Waals surface area contributed by atoms with E-state index < -0.39 is 162 Å². The van der Waals surface area contributed by atoms with Crippen LogP contribution in [0, 0.1) is 35.5 Å². The molecule has 1 aromatic rings. The molecule has 0 aromatic carbocycles. The second-order valence-electron chi connectivity index (χ2n) is 27.2. The lowest BCUT2D eigenvalue weighted by Crippen LogP contribution is -2.63. The van der Waals surface area contributed by atoms with E-state index in [2.05, 4.69) is 36.8 Å². The number of unbranched alkanes of at least 4 members (excludes halogenated alkanes) is 1. The van der Waals surface area contributed by atoms with Crippen LogP contribution in [-0.2, 0) is 64.0 Å². The third-order valence-corrected chi connectivity index (χ3v) is 17.3. The summed E-state index contributed by atoms with van der Waals surface area (Å²) in [6, 6.07) is -13.0. The number of nitrogens with one attached hydrogen (secondary N) is 4. The molecule has 2 rings (SSSR count). The number of likely N-dealkylation sites (N-methyl/N-ethyl adjacent to an activating group) is 7. The van der Waals surface area contributed by atoms with E-state index in [-0.39, 0.29) is 50.0 Å². The van der Waals surface area contributed by atoms with E-state index >= 15 is 14.4 Å². The average Bonchev–Trinajstić information content (AvgIpc) is 1.07. The predicted octanol–water partition coefficient (Wildman–Crippen LogP) is 2.09. The molecular weight excluding hydrogens is 1200 g/mol. The van der Waals surface area contributed by atoms with E-state index in [9.17, 15) is 43.5 Å². The van der Waals surface area contributed by atoms with E-state index in [1.165, 1.54) is 89.1 Å². The monoisotopic (exact) mass is 1310 g/mol. The first-order chi connectivity index (χ1) is 43.3. The van der Waals surface area contributed by atoms with Crippen molar-refractivity contribution < 1.29 is 62.6 Å². The Morgan fingerprint density at radius 3 is 1.57 bits per heavy atom. The molecule has 13 atom stereocenters. The van der Waals surface area contributed by atoms with Crippen LogP contribution >= 0.6 is 0 Å². The number of tetrazole rings is 1. The minimum Gasteiger partial charge on any atom is -0.390 e. The van der Waals surface area contributed by atoms with Crippen LogP contribution in [-0.4, -0.2) is 260 Å². The highest BCUT2D eigenvalue weighted by molar-refractivity contribution is 5.99. The summed E-state index contributed by atoms with van der Waals surface area (Å²) < 4.78 is 7.78. The third kappa shape index (κ3) is 23.4. The van der Waals surface area contributed by atoms with Gasteiger partial charge in [-0.25, -0.2) is 4.68 Å². The fraction of sp³-hybridized carbons (Fsp3) is 0.785. The van der Waals surface area contributed by atoms with Gasteiger partial charge in [-0.15, -0.1) is 5.10 Å². The van der Waals surface area contributed by atoms with Crippen LogP contribution in [0.5, 0.6) is 0 Å². The summed E-state index contributed by atoms with van der Waals surface area (Å²) >= 11 is 0. The van der Waals surface area contributed by atoms with Crippen molar-refractivity contribution >= 4 is 65.0 Å². The molecule has 93 heavy (non-hydrogen) atoms. The zero-order valence-corrected chi connectivity index (χ0v) is 60.0. The number of aliphatic hydroxyl groups is 1. The zero-order chi connectivity index (χ0) is 71.2. The Morgan fingerprint density at radius 1 is 0.559 bits per heavy atom. The molecule has 11 amide bonds. The van der Waals surface area contributed by atoms with Crippen molar-refractivity contribution in [3.8, 4) is 0 Å². The van der Waals surface area contributed by atoms with Crippen LogP contribution in [0.2, 0.25) is 0 Å². The molecule has 1 aliphatic rings. The van der Waals surface area contributed by atoms with Crippen molar-refractivity contribution in [1.82, 2.24) is 75.8 Å². The Kier molecular flexibility index (Phi) is 33.8. The fourth-order valence-corrected chi connectivity index (χ4v) is 11.5. The number of rotatable bonds is 20. The number of aromatic nitrogens is 4. The maximum Gasteiger partial charge on any atom is 0.246 e. The Balaban J connectivity index is 2.98. The van der Waals surface area contributed by atoms with Crippen molar-refractivity contribution in [2.24, 2.45) is 35.5 Å². The van der Waals surface area contributed by atoms with Crippen LogP contribution in [0.25, 0.3) is 0 Å². The molecule has 1 aromatic heterocycles. The smallest absolute Gasteiger partial charge is 0.246 e. The molecule has 1 aliphatic heterocycles. The van der Waals surface area contributed by atoms with Gasteiger partial charge in [0.25, 0.3) is 0 Å². The van der Waals surface area contributed by atoms with Crippen LogP contribution < -0.4 is 21.3 Å². The number of ether oxygens (including phenoxy) is 1. The Bertz CT molecular complexity index is 2670. The standard InChI is InChI=1S/C65H115N15O13/c1-24-26-29-42(13)55(82)54-59(86)69-46(25-2)61(88)73(17)35-50(81)77(21)53(45(16)93-31-28-27-30-80-36-66-71-72-80)58(85)70-51(40(9)10)64(91)74(18)47(32-37(3)4)57(84)67-43(14)56(83)68-44(15)60(87)75(19)48(33-38(5)6)62(89)76(20)49(34-39(7)8)63(90)78(22)52(41(11)12)65(92)79(54)23/h24,26,36-49,51-55,82H,25,27-35H2,1-23H3,(H,67,84)(H,68,83)(H,69,86)(H,70,85)/t42-,43+,44-,45-,46+,47+,48+,49-,51+,52+,53+,54+,55-/m1/s1. The van der Waals surface area contributed by atoms with Gasteiger partial charge in [-0.3, -0.25) is 52.7 Å². The fourth-order valence-electron chi connectivity index (χ4n) is 11.5. The van der Waals surface area contributed by atoms with Gasteiger partial charge in [0.2, 0.25) is 65.0 Å². The summed E-state index contributed by atoms with van der Waals surface area (Å²) in [5.74, 6) is -10.2. The first-order valence-corrected chi connectivity index (χ1v) is 33.0. The van der Waals surface area contributed by atoms with Gasteiger partial charge in [0.15, 0.2) is 0 Å². The number of amides is 11. The number of hydrogen-bond acceptors (Lipinski definition) is 16. The molecule has 28 nitrogen and oxygen atoms in total. The van der Waals surface area contributed by atoms with Crippen LogP contribution in [0.4, 0.5) is 0 Å². The molecule has 0 saturated carbocycles. The quantitative estimate of drug-likeness (QED) is 0.0922. The van der Waals surface area contributed by atoms with Crippen LogP contribution in [0.1, 0.15) is 156 Å². The molecule has 0 unspecified atom stereocenters. The maximum absolute atomic E-state index is 15.2. The molecule has 2 heterocycles. The van der Waals surface area contributed by atoms with E-state index in [0.717, 1.165) is 14.7 Å². The van der Waals surface area contributed by atoms with E-state index in [1.807, 2.05) is 41.5 Å². The highest BCUT2D eigenvalue weighted by Crippen LogP contribution is 2.26. The van der Waals surface area contributed by atoms with Gasteiger partial charge in [0.1, 0.15) is 66.7 Å². The number of allylic oxidation sites excluding steroid dienone is 2. The van der Waals surface area contributed by atoms with Crippen LogP contribution in [0.15, 0.2) is 18.5 Å². The molecular formula is C65H115N15O13. The SMILES string of the molecule is CC=CC[C@@H](C)[C@@H](O)[C@H]1C(=O)N[C@@H](CC)C(=O)N(C)CC(=O)N(C)[C@@H]([C@@H](C)OCCCCn2cnnn2)C(=O)N[C@@H](C(C)C)C(=O)N(C)[C@@H](CC(C)C)C(=O)N[C@@H](C)C(=O)N[C@H](C)C(=O)N(C)[C@@H](CC(C)C)C(=O)N(C)[C@H](CC(C)C)C(=O)N(C)[C@@H](C(C)C)C(=O)N1C. The normalized spacial score (nSPS) is 25.9. The molecule has 1 fully saturated rings. The maximum atomic E-state index is 15.2. The Hall–Kier alpha value is -7.10. The van der Waals surface area contributed by atoms with Gasteiger partial charge in [-0.1, -0.05) is 95.2 Å². The molecule has 528 valence electrons. The molecule has 28 heteroatoms. The van der Waals surface area contributed by atoms with Crippen LogP contribution in [0.3, 0.4) is 0 Å². The Morgan fingerprint density at radius 2 is 1.06 bits per heavy atom. The second-order valence-corrected chi connectivity index (χ2v) is 27.2. The lowest BCUT2D eigenvalue weighted by molar-refractivity contribution is -0.157. The summed E-state index contributed by atoms with van der Waals surface area (Å²) in [6.45, 7) is 27.6. The first kappa shape index (κ1) is 82.0. The number of carbonyl (C=O) groups is 11. The van der Waals surface area contributed by atoms with Gasteiger partial charge in [-0.05, 0) is 119 Å². The van der Waals surface area contributed by atoms with Gasteiger partial charge in [-0.2, -0.15) is 0 Å². The highest BCUT2D eigenvalue weighted by Gasteiger charge is 2.46. The zero-order valence-electron chi connectivity index (χ0n) is 60.0. The summed E-state index contributed by atoms with van der Waals surface area (Å²) in [5.41, 5.74) is 0. The summed E-state index contributed by atoms with van der Waals surface area (Å²) in [5, 5.41) is 34.3. The summed E-state index contributed by atoms with van der Waals surface area (Å²) in [6.07, 6.45) is 4.26. The molecule has 1 saturated heterocycles. The minimum atomic E-state index is -1.64. The Labute approximate surface area is 552 Å². The number of aryl methyl sites for hydroxylation is 1. The van der Waals surface area contributed by atoms with E-state index in [4.69, 9.17) is 4.74 Å². The average molecular weight is 1310 g/mol. The lowest BCUT2D eigenvalue weighted by atomic mass is 9.91.